The third-order valence-corrected chi connectivity index (χ3v) is 4.68. The van der Waals surface area contributed by atoms with Crippen molar-refractivity contribution in [1.82, 2.24) is 4.90 Å². The molecule has 0 radical (unpaired) electrons. The molecule has 3 rings (SSSR count). The quantitative estimate of drug-likeness (QED) is 0.867. The molecule has 1 aromatic rings. The number of likely N-dealkylation sites (tertiary alicyclic amines) is 1. The van der Waals surface area contributed by atoms with Gasteiger partial charge in [0, 0.05) is 31.6 Å². The number of rotatable bonds is 1. The van der Waals surface area contributed by atoms with Crippen LogP contribution < -0.4 is 5.32 Å². The van der Waals surface area contributed by atoms with E-state index in [0.29, 0.717) is 13.1 Å². The number of urea groups is 1. The molecule has 2 saturated heterocycles. The van der Waals surface area contributed by atoms with E-state index in [2.05, 4.69) is 5.32 Å². The standard InChI is InChI=1S/C17H24N2O3/c1-13-5-3-6-15(14(13)2)18-16(20)19-9-7-17(8-10-19)21-11-4-12-22-17/h3,5-6H,4,7-12H2,1-2H3,(H,18,20). The zero-order valence-corrected chi connectivity index (χ0v) is 13.4. The van der Waals surface area contributed by atoms with Crippen LogP contribution in [0, 0.1) is 13.8 Å². The van der Waals surface area contributed by atoms with Gasteiger partial charge in [-0.05, 0) is 37.5 Å². The Morgan fingerprint density at radius 2 is 1.86 bits per heavy atom. The SMILES string of the molecule is Cc1cccc(NC(=O)N2CCC3(CC2)OCCCO3)c1C. The number of nitrogens with zero attached hydrogens (tertiary/aromatic N) is 1. The maximum atomic E-state index is 12.4. The van der Waals surface area contributed by atoms with Gasteiger partial charge in [-0.25, -0.2) is 4.79 Å². The van der Waals surface area contributed by atoms with Crippen molar-refractivity contribution in [3.63, 3.8) is 0 Å². The van der Waals surface area contributed by atoms with Gasteiger partial charge in [0.1, 0.15) is 0 Å². The van der Waals surface area contributed by atoms with Crippen molar-refractivity contribution in [1.29, 1.82) is 0 Å². The van der Waals surface area contributed by atoms with E-state index in [1.54, 1.807) is 0 Å². The molecule has 1 aromatic carbocycles. The zero-order valence-electron chi connectivity index (χ0n) is 13.4. The minimum absolute atomic E-state index is 0.0423. The van der Waals surface area contributed by atoms with Gasteiger partial charge in [0.15, 0.2) is 5.79 Å². The van der Waals surface area contributed by atoms with Gasteiger partial charge < -0.3 is 19.7 Å². The van der Waals surface area contributed by atoms with Crippen molar-refractivity contribution in [3.05, 3.63) is 29.3 Å². The van der Waals surface area contributed by atoms with Gasteiger partial charge in [-0.3, -0.25) is 0 Å². The lowest BCUT2D eigenvalue weighted by atomic mass is 10.0. The Bertz CT molecular complexity index is 543. The van der Waals surface area contributed by atoms with Crippen LogP contribution in [0.15, 0.2) is 18.2 Å². The second-order valence-corrected chi connectivity index (χ2v) is 6.13. The summed E-state index contributed by atoms with van der Waals surface area (Å²) < 4.78 is 11.6. The fourth-order valence-corrected chi connectivity index (χ4v) is 3.04. The van der Waals surface area contributed by atoms with E-state index in [9.17, 15) is 4.79 Å². The maximum Gasteiger partial charge on any atom is 0.321 e. The Morgan fingerprint density at radius 3 is 2.55 bits per heavy atom. The maximum absolute atomic E-state index is 12.4. The highest BCUT2D eigenvalue weighted by Gasteiger charge is 2.39. The number of nitrogens with one attached hydrogen (secondary N) is 1. The van der Waals surface area contributed by atoms with E-state index >= 15 is 0 Å². The van der Waals surface area contributed by atoms with Crippen molar-refractivity contribution in [2.45, 2.75) is 38.9 Å². The van der Waals surface area contributed by atoms with Crippen LogP contribution in [0.5, 0.6) is 0 Å². The van der Waals surface area contributed by atoms with Gasteiger partial charge in [-0.1, -0.05) is 12.1 Å². The number of carbonyl (C=O) groups is 1. The monoisotopic (exact) mass is 304 g/mol. The third-order valence-electron chi connectivity index (χ3n) is 4.68. The van der Waals surface area contributed by atoms with Crippen LogP contribution in [-0.4, -0.2) is 43.0 Å². The number of carbonyl (C=O) groups excluding carboxylic acids is 1. The van der Waals surface area contributed by atoms with E-state index in [1.807, 2.05) is 36.9 Å². The number of benzene rings is 1. The molecule has 0 saturated carbocycles. The first-order valence-corrected chi connectivity index (χ1v) is 8.00. The molecular weight excluding hydrogens is 280 g/mol. The first-order valence-electron chi connectivity index (χ1n) is 8.00. The molecule has 2 heterocycles. The second-order valence-electron chi connectivity index (χ2n) is 6.13. The van der Waals surface area contributed by atoms with E-state index in [-0.39, 0.29) is 6.03 Å². The van der Waals surface area contributed by atoms with Crippen LogP contribution in [0.2, 0.25) is 0 Å². The van der Waals surface area contributed by atoms with Gasteiger partial charge in [-0.15, -0.1) is 0 Å². The lowest BCUT2D eigenvalue weighted by Crippen LogP contribution is -2.52. The summed E-state index contributed by atoms with van der Waals surface area (Å²) >= 11 is 0. The Morgan fingerprint density at radius 1 is 1.18 bits per heavy atom. The Hall–Kier alpha value is -1.59. The minimum atomic E-state index is -0.450. The van der Waals surface area contributed by atoms with Crippen molar-refractivity contribution >= 4 is 11.7 Å². The van der Waals surface area contributed by atoms with Crippen LogP contribution in [-0.2, 0) is 9.47 Å². The first-order chi connectivity index (χ1) is 10.6. The largest absolute Gasteiger partial charge is 0.350 e. The topological polar surface area (TPSA) is 50.8 Å². The second kappa shape index (κ2) is 6.26. The number of amides is 2. The highest BCUT2D eigenvalue weighted by molar-refractivity contribution is 5.90. The van der Waals surface area contributed by atoms with Crippen molar-refractivity contribution in [3.8, 4) is 0 Å². The molecule has 0 unspecified atom stereocenters. The lowest BCUT2D eigenvalue weighted by molar-refractivity contribution is -0.281. The van der Waals surface area contributed by atoms with Crippen molar-refractivity contribution < 1.29 is 14.3 Å². The summed E-state index contributed by atoms with van der Waals surface area (Å²) in [5.41, 5.74) is 3.18. The third kappa shape index (κ3) is 3.10. The first kappa shape index (κ1) is 15.3. The highest BCUT2D eigenvalue weighted by Crippen LogP contribution is 2.31. The van der Waals surface area contributed by atoms with Gasteiger partial charge in [0.2, 0.25) is 0 Å². The molecule has 0 bridgehead atoms. The molecule has 22 heavy (non-hydrogen) atoms. The fourth-order valence-electron chi connectivity index (χ4n) is 3.04. The molecule has 5 nitrogen and oxygen atoms in total. The molecule has 120 valence electrons. The van der Waals surface area contributed by atoms with Crippen LogP contribution in [0.25, 0.3) is 0 Å². The minimum Gasteiger partial charge on any atom is -0.350 e. The van der Waals surface area contributed by atoms with Crippen molar-refractivity contribution in [2.24, 2.45) is 0 Å². The number of hydrogen-bond acceptors (Lipinski definition) is 3. The molecule has 0 atom stereocenters. The smallest absolute Gasteiger partial charge is 0.321 e. The summed E-state index contributed by atoms with van der Waals surface area (Å²) in [7, 11) is 0. The molecule has 1 N–H and O–H groups in total. The number of anilines is 1. The lowest BCUT2D eigenvalue weighted by Gasteiger charge is -2.43. The van der Waals surface area contributed by atoms with Gasteiger partial charge >= 0.3 is 6.03 Å². The molecule has 2 aliphatic rings. The van der Waals surface area contributed by atoms with Gasteiger partial charge in [-0.2, -0.15) is 0 Å². The zero-order chi connectivity index (χ0) is 15.6. The predicted octanol–water partition coefficient (Wildman–Crippen LogP) is 3.06. The Kier molecular flexibility index (Phi) is 4.36. The fraction of sp³-hybridized carbons (Fsp3) is 0.588. The average Bonchev–Trinajstić information content (AvgIpc) is 2.53. The number of aryl methyl sites for hydroxylation is 1. The normalized spacial score (nSPS) is 20.9. The Labute approximate surface area is 131 Å². The molecular formula is C17H24N2O3. The molecule has 2 aliphatic heterocycles. The average molecular weight is 304 g/mol. The van der Waals surface area contributed by atoms with Gasteiger partial charge in [0.05, 0.1) is 13.2 Å². The number of ether oxygens (including phenoxy) is 2. The predicted molar refractivity (Wildman–Crippen MR) is 85.0 cm³/mol. The molecule has 2 fully saturated rings. The highest BCUT2D eigenvalue weighted by atomic mass is 16.7. The number of hydrogen-bond donors (Lipinski definition) is 1. The number of piperidine rings is 1. The summed E-state index contributed by atoms with van der Waals surface area (Å²) in [6, 6.07) is 5.92. The van der Waals surface area contributed by atoms with E-state index < -0.39 is 5.79 Å². The van der Waals surface area contributed by atoms with Crippen LogP contribution >= 0.6 is 0 Å². The Balaban J connectivity index is 1.59. The van der Waals surface area contributed by atoms with Crippen molar-refractivity contribution in [2.75, 3.05) is 31.6 Å². The van der Waals surface area contributed by atoms with E-state index in [4.69, 9.17) is 9.47 Å². The molecule has 1 spiro atoms. The summed E-state index contributed by atoms with van der Waals surface area (Å²) in [6.07, 6.45) is 2.44. The summed E-state index contributed by atoms with van der Waals surface area (Å²) in [4.78, 5) is 14.3. The van der Waals surface area contributed by atoms with Crippen LogP contribution in [0.3, 0.4) is 0 Å². The van der Waals surface area contributed by atoms with E-state index in [1.165, 1.54) is 5.56 Å². The molecule has 5 heteroatoms. The van der Waals surface area contributed by atoms with Crippen LogP contribution in [0.1, 0.15) is 30.4 Å². The van der Waals surface area contributed by atoms with Crippen LogP contribution in [0.4, 0.5) is 10.5 Å². The summed E-state index contributed by atoms with van der Waals surface area (Å²) in [6.45, 7) is 6.92. The summed E-state index contributed by atoms with van der Waals surface area (Å²) in [5, 5.41) is 3.02. The molecule has 2 amide bonds. The molecule has 0 aliphatic carbocycles. The summed E-state index contributed by atoms with van der Waals surface area (Å²) in [5.74, 6) is -0.450. The molecule has 0 aromatic heterocycles. The van der Waals surface area contributed by atoms with E-state index in [0.717, 1.165) is 43.7 Å². The van der Waals surface area contributed by atoms with Gasteiger partial charge in [0.25, 0.3) is 0 Å².